The fourth-order valence-corrected chi connectivity index (χ4v) is 4.72. The van der Waals surface area contributed by atoms with Gasteiger partial charge in [0.1, 0.15) is 12.4 Å². The molecule has 1 saturated heterocycles. The summed E-state index contributed by atoms with van der Waals surface area (Å²) in [6.07, 6.45) is 0.00999. The van der Waals surface area contributed by atoms with Crippen LogP contribution in [0.1, 0.15) is 24.8 Å². The average Bonchev–Trinajstić information content (AvgIpc) is 3.46. The molecule has 2 aromatic carbocycles. The molecule has 41 heavy (non-hydrogen) atoms. The van der Waals surface area contributed by atoms with Crippen molar-refractivity contribution in [3.63, 3.8) is 0 Å². The van der Waals surface area contributed by atoms with Crippen LogP contribution in [0, 0.1) is 5.82 Å². The highest BCUT2D eigenvalue weighted by atomic mass is 35.5. The van der Waals surface area contributed by atoms with E-state index in [0.717, 1.165) is 18.7 Å². The van der Waals surface area contributed by atoms with E-state index in [-0.39, 0.29) is 48.5 Å². The number of likely N-dealkylation sites (N-methyl/N-ethyl adjacent to an activating group) is 1. The number of hydrogen-bond acceptors (Lipinski definition) is 7. The Hall–Kier alpha value is -3.96. The first-order chi connectivity index (χ1) is 19.8. The fourth-order valence-electron chi connectivity index (χ4n) is 4.50. The maximum absolute atomic E-state index is 13.8. The standard InChI is InChI=1S/C29H33ClFN5O5/c1-35(26(37)12-10-21-8-5-9-23(31)28(21)30)22(11-13-27(38)36-16-14-32-15-17-36)19-40-29(39)33-25-18-24(41-34-25)20-6-3-2-4-7-20/h2-9,18,22,32H,10-17,19H2,1H3,(H,33,34,39)/t22-/m0/s1. The van der Waals surface area contributed by atoms with Crippen molar-refractivity contribution >= 4 is 35.3 Å². The Labute approximate surface area is 242 Å². The quantitative estimate of drug-likeness (QED) is 0.343. The maximum atomic E-state index is 13.8. The van der Waals surface area contributed by atoms with Gasteiger partial charge in [0.05, 0.1) is 11.1 Å². The fraction of sp³-hybridized carbons (Fsp3) is 0.379. The number of carbonyl (C=O) groups excluding carboxylic acids is 3. The van der Waals surface area contributed by atoms with Gasteiger partial charge in [-0.2, -0.15) is 0 Å². The Bertz CT molecular complexity index is 1330. The van der Waals surface area contributed by atoms with Crippen LogP contribution in [-0.2, 0) is 20.7 Å². The molecule has 12 heteroatoms. The van der Waals surface area contributed by atoms with Crippen molar-refractivity contribution in [3.8, 4) is 11.3 Å². The van der Waals surface area contributed by atoms with Crippen molar-refractivity contribution in [2.24, 2.45) is 0 Å². The molecule has 4 rings (SSSR count). The van der Waals surface area contributed by atoms with E-state index in [4.69, 9.17) is 20.9 Å². The summed E-state index contributed by atoms with van der Waals surface area (Å²) < 4.78 is 24.5. The first-order valence-electron chi connectivity index (χ1n) is 13.4. The number of ether oxygens (including phenoxy) is 1. The molecule has 1 aromatic heterocycles. The van der Waals surface area contributed by atoms with E-state index >= 15 is 0 Å². The summed E-state index contributed by atoms with van der Waals surface area (Å²) in [5, 5.41) is 9.59. The smallest absolute Gasteiger partial charge is 0.412 e. The van der Waals surface area contributed by atoms with Crippen molar-refractivity contribution in [2.45, 2.75) is 31.7 Å². The van der Waals surface area contributed by atoms with Crippen LogP contribution < -0.4 is 10.6 Å². The molecule has 10 nitrogen and oxygen atoms in total. The first kappa shape index (κ1) is 30.0. The SMILES string of the molecule is CN(C(=O)CCc1cccc(F)c1Cl)[C@@H](CCC(=O)N1CCNCC1)COC(=O)Nc1cc(-c2ccccc2)on1. The number of rotatable bonds is 11. The number of carbonyl (C=O) groups is 3. The van der Waals surface area contributed by atoms with E-state index in [2.05, 4.69) is 15.8 Å². The zero-order valence-electron chi connectivity index (χ0n) is 22.8. The summed E-state index contributed by atoms with van der Waals surface area (Å²) in [4.78, 5) is 41.7. The molecule has 2 heterocycles. The van der Waals surface area contributed by atoms with Crippen molar-refractivity contribution < 1.29 is 28.0 Å². The summed E-state index contributed by atoms with van der Waals surface area (Å²) in [6.45, 7) is 2.55. The predicted molar refractivity (Wildman–Crippen MR) is 152 cm³/mol. The topological polar surface area (TPSA) is 117 Å². The van der Waals surface area contributed by atoms with Crippen LogP contribution in [-0.4, -0.2) is 78.7 Å². The molecule has 0 spiro atoms. The number of benzene rings is 2. The number of amides is 3. The molecule has 1 aliphatic rings. The van der Waals surface area contributed by atoms with Gasteiger partial charge < -0.3 is 24.4 Å². The van der Waals surface area contributed by atoms with Gasteiger partial charge >= 0.3 is 6.09 Å². The predicted octanol–water partition coefficient (Wildman–Crippen LogP) is 4.35. The minimum atomic E-state index is -0.774. The second-order valence-electron chi connectivity index (χ2n) is 9.71. The number of nitrogens with zero attached hydrogens (tertiary/aromatic N) is 3. The van der Waals surface area contributed by atoms with Crippen LogP contribution >= 0.6 is 11.6 Å². The van der Waals surface area contributed by atoms with Crippen molar-refractivity contribution in [3.05, 3.63) is 71.0 Å². The van der Waals surface area contributed by atoms with E-state index < -0.39 is 18.0 Å². The van der Waals surface area contributed by atoms with E-state index in [1.54, 1.807) is 30.1 Å². The second-order valence-corrected chi connectivity index (χ2v) is 10.1. The third-order valence-corrected chi connectivity index (χ3v) is 7.37. The Morgan fingerprint density at radius 3 is 2.66 bits per heavy atom. The molecular weight excluding hydrogens is 553 g/mol. The van der Waals surface area contributed by atoms with Gasteiger partial charge in [0.15, 0.2) is 11.6 Å². The van der Waals surface area contributed by atoms with Crippen molar-refractivity contribution in [1.82, 2.24) is 20.3 Å². The molecular formula is C29H33ClFN5O5. The van der Waals surface area contributed by atoms with Gasteiger partial charge in [0.2, 0.25) is 11.8 Å². The van der Waals surface area contributed by atoms with Gasteiger partial charge in [-0.1, -0.05) is 59.2 Å². The monoisotopic (exact) mass is 585 g/mol. The van der Waals surface area contributed by atoms with E-state index in [0.29, 0.717) is 30.8 Å². The molecule has 0 aliphatic carbocycles. The number of aryl methyl sites for hydroxylation is 1. The lowest BCUT2D eigenvalue weighted by Crippen LogP contribution is -2.47. The maximum Gasteiger partial charge on any atom is 0.412 e. The number of anilines is 1. The summed E-state index contributed by atoms with van der Waals surface area (Å²) in [7, 11) is 1.60. The van der Waals surface area contributed by atoms with Crippen LogP contribution in [0.5, 0.6) is 0 Å². The van der Waals surface area contributed by atoms with Gasteiger partial charge in [-0.3, -0.25) is 14.9 Å². The largest absolute Gasteiger partial charge is 0.447 e. The Morgan fingerprint density at radius 2 is 1.90 bits per heavy atom. The number of piperazine rings is 1. The zero-order chi connectivity index (χ0) is 29.2. The molecule has 1 fully saturated rings. The van der Waals surface area contributed by atoms with Gasteiger partial charge in [0, 0.05) is 57.7 Å². The third kappa shape index (κ3) is 8.51. The number of hydrogen-bond donors (Lipinski definition) is 2. The van der Waals surface area contributed by atoms with Gasteiger partial charge in [-0.15, -0.1) is 0 Å². The third-order valence-electron chi connectivity index (χ3n) is 6.95. The minimum Gasteiger partial charge on any atom is -0.447 e. The first-order valence-corrected chi connectivity index (χ1v) is 13.8. The lowest BCUT2D eigenvalue weighted by molar-refractivity contribution is -0.135. The molecule has 3 amide bonds. The van der Waals surface area contributed by atoms with Gasteiger partial charge in [-0.05, 0) is 24.5 Å². The highest BCUT2D eigenvalue weighted by molar-refractivity contribution is 6.31. The molecule has 1 atom stereocenters. The van der Waals surface area contributed by atoms with Crippen LogP contribution in [0.15, 0.2) is 59.1 Å². The van der Waals surface area contributed by atoms with Crippen molar-refractivity contribution in [2.75, 3.05) is 45.2 Å². The molecule has 0 unspecified atom stereocenters. The number of nitrogens with one attached hydrogen (secondary N) is 2. The van der Waals surface area contributed by atoms with Crippen molar-refractivity contribution in [1.29, 1.82) is 0 Å². The van der Waals surface area contributed by atoms with E-state index in [1.807, 2.05) is 30.3 Å². The highest BCUT2D eigenvalue weighted by Gasteiger charge is 2.25. The lowest BCUT2D eigenvalue weighted by Gasteiger charge is -2.30. The van der Waals surface area contributed by atoms with E-state index in [1.165, 1.54) is 11.0 Å². The van der Waals surface area contributed by atoms with Crippen LogP contribution in [0.2, 0.25) is 5.02 Å². The Balaban J connectivity index is 1.35. The molecule has 0 bridgehead atoms. The summed E-state index contributed by atoms with van der Waals surface area (Å²) in [5.74, 6) is -0.163. The molecule has 1 aliphatic heterocycles. The second kappa shape index (κ2) is 14.6. The van der Waals surface area contributed by atoms with Gasteiger partial charge in [0.25, 0.3) is 0 Å². The highest BCUT2D eigenvalue weighted by Crippen LogP contribution is 2.23. The molecule has 3 aromatic rings. The molecule has 2 N–H and O–H groups in total. The summed E-state index contributed by atoms with van der Waals surface area (Å²) >= 11 is 6.04. The minimum absolute atomic E-state index is 0.00981. The molecule has 218 valence electrons. The van der Waals surface area contributed by atoms with Crippen LogP contribution in [0.25, 0.3) is 11.3 Å². The average molecular weight is 586 g/mol. The summed E-state index contributed by atoms with van der Waals surface area (Å²) in [6, 6.07) is 14.8. The van der Waals surface area contributed by atoms with Gasteiger partial charge in [-0.25, -0.2) is 9.18 Å². The number of aromatic nitrogens is 1. The Kier molecular flexibility index (Phi) is 10.7. The van der Waals surface area contributed by atoms with Crippen LogP contribution in [0.3, 0.4) is 0 Å². The normalized spacial score (nSPS) is 13.9. The van der Waals surface area contributed by atoms with Crippen LogP contribution in [0.4, 0.5) is 15.0 Å². The summed E-state index contributed by atoms with van der Waals surface area (Å²) in [5.41, 5.74) is 1.33. The molecule has 0 radical (unpaired) electrons. The lowest BCUT2D eigenvalue weighted by atomic mass is 10.1. The number of halogens is 2. The zero-order valence-corrected chi connectivity index (χ0v) is 23.5. The Morgan fingerprint density at radius 1 is 1.15 bits per heavy atom. The molecule has 0 saturated carbocycles. The van der Waals surface area contributed by atoms with E-state index in [9.17, 15) is 18.8 Å².